The van der Waals surface area contributed by atoms with Crippen molar-refractivity contribution in [3.8, 4) is 5.69 Å². The first-order valence-electron chi connectivity index (χ1n) is 9.28. The van der Waals surface area contributed by atoms with Gasteiger partial charge >= 0.3 is 0 Å². The number of carbonyl (C=O) groups excluding carboxylic acids is 2. The van der Waals surface area contributed by atoms with Crippen LogP contribution in [0.25, 0.3) is 5.69 Å². The van der Waals surface area contributed by atoms with Crippen molar-refractivity contribution in [2.24, 2.45) is 5.10 Å². The van der Waals surface area contributed by atoms with Crippen molar-refractivity contribution in [3.63, 3.8) is 0 Å². The zero-order valence-electron chi connectivity index (χ0n) is 16.1. The van der Waals surface area contributed by atoms with Crippen LogP contribution >= 0.6 is 23.4 Å². The second kappa shape index (κ2) is 8.81. The van der Waals surface area contributed by atoms with Crippen molar-refractivity contribution >= 4 is 40.8 Å². The van der Waals surface area contributed by atoms with Gasteiger partial charge in [-0.15, -0.1) is 10.2 Å². The summed E-state index contributed by atoms with van der Waals surface area (Å²) >= 11 is 7.28. The maximum atomic E-state index is 12.7. The first-order chi connectivity index (χ1) is 14.5. The van der Waals surface area contributed by atoms with Crippen LogP contribution in [-0.4, -0.2) is 37.9 Å². The number of hydrogen-bond acceptors (Lipinski definition) is 6. The third kappa shape index (κ3) is 4.29. The van der Waals surface area contributed by atoms with E-state index in [1.165, 1.54) is 18.7 Å². The van der Waals surface area contributed by atoms with Crippen LogP contribution in [0.5, 0.6) is 0 Å². The molecule has 0 spiro atoms. The number of halogens is 1. The molecule has 30 heavy (non-hydrogen) atoms. The lowest BCUT2D eigenvalue weighted by Crippen LogP contribution is -2.34. The minimum absolute atomic E-state index is 0.0386. The zero-order valence-corrected chi connectivity index (χ0v) is 17.7. The van der Waals surface area contributed by atoms with E-state index < -0.39 is 5.92 Å². The summed E-state index contributed by atoms with van der Waals surface area (Å²) in [4.78, 5) is 24.2. The molecule has 1 aliphatic heterocycles. The summed E-state index contributed by atoms with van der Waals surface area (Å²) < 4.78 is 1.84. The highest BCUT2D eigenvalue weighted by atomic mass is 35.5. The van der Waals surface area contributed by atoms with Crippen LogP contribution in [0.4, 0.5) is 0 Å². The molecular formula is C21H18ClN5O2S. The Morgan fingerprint density at radius 3 is 2.60 bits per heavy atom. The number of benzene rings is 2. The fourth-order valence-electron chi connectivity index (χ4n) is 3.15. The Morgan fingerprint density at radius 2 is 1.90 bits per heavy atom. The number of aromatic nitrogens is 3. The number of para-hydroxylation sites is 1. The number of thioether (sulfide) groups is 1. The highest BCUT2D eigenvalue weighted by molar-refractivity contribution is 7.99. The van der Waals surface area contributed by atoms with Gasteiger partial charge in [0.15, 0.2) is 11.0 Å². The van der Waals surface area contributed by atoms with Crippen molar-refractivity contribution in [1.29, 1.82) is 0 Å². The molecule has 1 N–H and O–H groups in total. The third-order valence-corrected chi connectivity index (χ3v) is 5.91. The zero-order chi connectivity index (χ0) is 21.1. The number of carbonyl (C=O) groups is 2. The van der Waals surface area contributed by atoms with Gasteiger partial charge in [-0.05, 0) is 36.8 Å². The van der Waals surface area contributed by atoms with Gasteiger partial charge in [-0.2, -0.15) is 5.10 Å². The quantitative estimate of drug-likeness (QED) is 0.592. The van der Waals surface area contributed by atoms with E-state index in [1.54, 1.807) is 12.1 Å². The molecule has 1 aromatic heterocycles. The van der Waals surface area contributed by atoms with Crippen molar-refractivity contribution in [1.82, 2.24) is 20.2 Å². The van der Waals surface area contributed by atoms with Gasteiger partial charge in [-0.1, -0.05) is 53.7 Å². The lowest BCUT2D eigenvalue weighted by Gasteiger charge is -2.22. The third-order valence-electron chi connectivity index (χ3n) is 4.58. The van der Waals surface area contributed by atoms with E-state index in [2.05, 4.69) is 20.7 Å². The van der Waals surface area contributed by atoms with Crippen LogP contribution in [0.3, 0.4) is 0 Å². The van der Waals surface area contributed by atoms with Crippen molar-refractivity contribution in [3.05, 3.63) is 71.0 Å². The second-order valence-electron chi connectivity index (χ2n) is 6.80. The molecule has 152 valence electrons. The Labute approximate surface area is 182 Å². The first kappa shape index (κ1) is 20.3. The molecule has 0 bridgehead atoms. The number of rotatable bonds is 6. The molecule has 9 heteroatoms. The minimum Gasteiger partial charge on any atom is -0.299 e. The summed E-state index contributed by atoms with van der Waals surface area (Å²) in [6.45, 7) is 1.53. The highest BCUT2D eigenvalue weighted by Crippen LogP contribution is 2.30. The number of ketones is 1. The fourth-order valence-corrected chi connectivity index (χ4v) is 4.04. The van der Waals surface area contributed by atoms with Gasteiger partial charge in [0.25, 0.3) is 5.91 Å². The molecule has 1 atom stereocenters. The largest absolute Gasteiger partial charge is 0.299 e. The van der Waals surface area contributed by atoms with Crippen molar-refractivity contribution in [2.45, 2.75) is 24.4 Å². The molecule has 0 saturated heterocycles. The average Bonchev–Trinajstić information content (AvgIpc) is 3.17. The van der Waals surface area contributed by atoms with Crippen LogP contribution in [0, 0.1) is 0 Å². The van der Waals surface area contributed by atoms with Gasteiger partial charge < -0.3 is 0 Å². The van der Waals surface area contributed by atoms with Gasteiger partial charge in [0.2, 0.25) is 0 Å². The maximum absolute atomic E-state index is 12.7. The SMILES string of the molecule is CC(=O)CSc1nnc([C@@H]2CC(c3ccc(Cl)cc3)=NNC2=O)n1-c1ccccc1. The van der Waals surface area contributed by atoms with Crippen LogP contribution in [0.1, 0.15) is 30.7 Å². The molecular weight excluding hydrogens is 422 g/mol. The van der Waals surface area contributed by atoms with E-state index in [-0.39, 0.29) is 17.4 Å². The maximum Gasteiger partial charge on any atom is 0.251 e. The van der Waals surface area contributed by atoms with Gasteiger partial charge in [-0.3, -0.25) is 14.2 Å². The van der Waals surface area contributed by atoms with Crippen LogP contribution in [0.2, 0.25) is 5.02 Å². The second-order valence-corrected chi connectivity index (χ2v) is 8.18. The number of amides is 1. The Kier molecular flexibility index (Phi) is 5.96. The van der Waals surface area contributed by atoms with Gasteiger partial charge in [0.05, 0.1) is 11.5 Å². The minimum atomic E-state index is -0.576. The summed E-state index contributed by atoms with van der Waals surface area (Å²) in [7, 11) is 0. The van der Waals surface area contributed by atoms with Gasteiger partial charge in [0, 0.05) is 17.1 Å². The Balaban J connectivity index is 1.72. The number of nitrogens with one attached hydrogen (secondary N) is 1. The van der Waals surface area contributed by atoms with Crippen LogP contribution in [0.15, 0.2) is 64.9 Å². The summed E-state index contributed by atoms with van der Waals surface area (Å²) in [6.07, 6.45) is 0.371. The van der Waals surface area contributed by atoms with Crippen molar-refractivity contribution in [2.75, 3.05) is 5.75 Å². The van der Waals surface area contributed by atoms with E-state index >= 15 is 0 Å². The molecule has 2 aromatic carbocycles. The molecule has 0 unspecified atom stereocenters. The average molecular weight is 440 g/mol. The number of nitrogens with zero attached hydrogens (tertiary/aromatic N) is 4. The van der Waals surface area contributed by atoms with Gasteiger partial charge in [0.1, 0.15) is 11.7 Å². The van der Waals surface area contributed by atoms with Gasteiger partial charge in [-0.25, -0.2) is 5.43 Å². The van der Waals surface area contributed by atoms with Crippen LogP contribution < -0.4 is 5.43 Å². The van der Waals surface area contributed by atoms with Crippen molar-refractivity contribution < 1.29 is 9.59 Å². The molecule has 2 heterocycles. The van der Waals surface area contributed by atoms with E-state index in [9.17, 15) is 9.59 Å². The normalized spacial score (nSPS) is 16.1. The summed E-state index contributed by atoms with van der Waals surface area (Å²) in [6, 6.07) is 16.9. The predicted octanol–water partition coefficient (Wildman–Crippen LogP) is 3.61. The standard InChI is InChI=1S/C21H18ClN5O2S/c1-13(28)12-30-21-26-24-19(27(21)16-5-3-2-4-6-16)17-11-18(23-25-20(17)29)14-7-9-15(22)10-8-14/h2-10,17H,11-12H2,1H3,(H,25,29)/t17-/m0/s1. The number of hydrogen-bond donors (Lipinski definition) is 1. The highest BCUT2D eigenvalue weighted by Gasteiger charge is 2.33. The molecule has 1 amide bonds. The number of Topliss-reactive ketones (excluding diaryl/α,β-unsaturated/α-hetero) is 1. The molecule has 1 aliphatic rings. The van der Waals surface area contributed by atoms with E-state index in [0.29, 0.717) is 22.4 Å². The van der Waals surface area contributed by atoms with E-state index in [0.717, 1.165) is 17.0 Å². The molecule has 0 saturated carbocycles. The summed E-state index contributed by atoms with van der Waals surface area (Å²) in [5.74, 6) is -0.00455. The molecule has 7 nitrogen and oxygen atoms in total. The molecule has 3 aromatic rings. The fraction of sp³-hybridized carbons (Fsp3) is 0.190. The summed E-state index contributed by atoms with van der Waals surface area (Å²) in [5.41, 5.74) is 5.04. The molecule has 0 fully saturated rings. The lowest BCUT2D eigenvalue weighted by atomic mass is 9.94. The van der Waals surface area contributed by atoms with E-state index in [4.69, 9.17) is 11.6 Å². The van der Waals surface area contributed by atoms with E-state index in [1.807, 2.05) is 47.0 Å². The molecule has 0 radical (unpaired) electrons. The molecule has 4 rings (SSSR count). The van der Waals surface area contributed by atoms with Crippen LogP contribution in [-0.2, 0) is 9.59 Å². The lowest BCUT2D eigenvalue weighted by molar-refractivity contribution is -0.123. The summed E-state index contributed by atoms with van der Waals surface area (Å²) in [5, 5.41) is 14.0. The first-order valence-corrected chi connectivity index (χ1v) is 10.6. The predicted molar refractivity (Wildman–Crippen MR) is 116 cm³/mol. The number of hydrazone groups is 1. The monoisotopic (exact) mass is 439 g/mol. The molecule has 0 aliphatic carbocycles. The smallest absolute Gasteiger partial charge is 0.251 e. The Morgan fingerprint density at radius 1 is 1.17 bits per heavy atom. The Hall–Kier alpha value is -2.97. The Bertz CT molecular complexity index is 1110. The topological polar surface area (TPSA) is 89.2 Å².